The SMILES string of the molecule is CSc1nnc(SCC(=O)N(c2ccccc2)C(C)C)s1. The second-order valence-electron chi connectivity index (χ2n) is 4.52. The molecule has 0 fully saturated rings. The monoisotopic (exact) mass is 339 g/mol. The fourth-order valence-corrected chi connectivity index (χ4v) is 4.15. The van der Waals surface area contributed by atoms with Gasteiger partial charge in [-0.1, -0.05) is 53.1 Å². The molecule has 1 heterocycles. The Morgan fingerprint density at radius 2 is 1.90 bits per heavy atom. The Balaban J connectivity index is 2.02. The van der Waals surface area contributed by atoms with Crippen LogP contribution in [0.25, 0.3) is 0 Å². The van der Waals surface area contributed by atoms with Gasteiger partial charge in [-0.15, -0.1) is 10.2 Å². The molecule has 2 rings (SSSR count). The Hall–Kier alpha value is -1.05. The molecule has 0 atom stereocenters. The van der Waals surface area contributed by atoms with Crippen LogP contribution < -0.4 is 4.90 Å². The number of hydrogen-bond donors (Lipinski definition) is 0. The van der Waals surface area contributed by atoms with E-state index in [4.69, 9.17) is 0 Å². The first-order valence-corrected chi connectivity index (χ1v) is 9.52. The lowest BCUT2D eigenvalue weighted by atomic mass is 10.2. The summed E-state index contributed by atoms with van der Waals surface area (Å²) in [6, 6.07) is 9.88. The molecule has 112 valence electrons. The van der Waals surface area contributed by atoms with Gasteiger partial charge in [0.05, 0.1) is 5.75 Å². The number of para-hydroxylation sites is 1. The van der Waals surface area contributed by atoms with E-state index in [0.717, 1.165) is 14.4 Å². The molecule has 4 nitrogen and oxygen atoms in total. The number of benzene rings is 1. The zero-order valence-corrected chi connectivity index (χ0v) is 14.6. The van der Waals surface area contributed by atoms with Gasteiger partial charge in [-0.2, -0.15) is 0 Å². The van der Waals surface area contributed by atoms with Crippen molar-refractivity contribution in [1.82, 2.24) is 10.2 Å². The molecule has 0 aliphatic rings. The topological polar surface area (TPSA) is 46.1 Å². The molecule has 0 unspecified atom stereocenters. The number of carbonyl (C=O) groups excluding carboxylic acids is 1. The van der Waals surface area contributed by atoms with Crippen LogP contribution in [0.1, 0.15) is 13.8 Å². The summed E-state index contributed by atoms with van der Waals surface area (Å²) in [5, 5.41) is 8.11. The minimum Gasteiger partial charge on any atom is -0.309 e. The lowest BCUT2D eigenvalue weighted by Crippen LogP contribution is -2.38. The number of amides is 1. The van der Waals surface area contributed by atoms with Gasteiger partial charge in [-0.25, -0.2) is 0 Å². The minimum atomic E-state index is 0.0853. The van der Waals surface area contributed by atoms with E-state index in [2.05, 4.69) is 10.2 Å². The van der Waals surface area contributed by atoms with Crippen molar-refractivity contribution in [2.75, 3.05) is 16.9 Å². The van der Waals surface area contributed by atoms with Crippen molar-refractivity contribution in [2.24, 2.45) is 0 Å². The number of anilines is 1. The standard InChI is InChI=1S/C14H17N3OS3/c1-10(2)17(11-7-5-4-6-8-11)12(18)9-20-14-16-15-13(19-3)21-14/h4-8,10H,9H2,1-3H3. The lowest BCUT2D eigenvalue weighted by molar-refractivity contribution is -0.116. The van der Waals surface area contributed by atoms with E-state index >= 15 is 0 Å². The minimum absolute atomic E-state index is 0.0853. The molecule has 1 aromatic heterocycles. The maximum atomic E-state index is 12.5. The normalized spacial score (nSPS) is 10.9. The largest absolute Gasteiger partial charge is 0.309 e. The molecular formula is C14H17N3OS3. The zero-order chi connectivity index (χ0) is 15.2. The van der Waals surface area contributed by atoms with Gasteiger partial charge in [0.15, 0.2) is 8.68 Å². The molecule has 1 amide bonds. The van der Waals surface area contributed by atoms with Crippen molar-refractivity contribution in [3.05, 3.63) is 30.3 Å². The van der Waals surface area contributed by atoms with Crippen LogP contribution in [-0.2, 0) is 4.79 Å². The summed E-state index contributed by atoms with van der Waals surface area (Å²) < 4.78 is 1.76. The molecule has 0 spiro atoms. The summed E-state index contributed by atoms with van der Waals surface area (Å²) >= 11 is 4.54. The third-order valence-electron chi connectivity index (χ3n) is 2.70. The predicted molar refractivity (Wildman–Crippen MR) is 91.5 cm³/mol. The van der Waals surface area contributed by atoms with Crippen molar-refractivity contribution >= 4 is 46.5 Å². The van der Waals surface area contributed by atoms with Gasteiger partial charge in [0.25, 0.3) is 0 Å². The fourth-order valence-electron chi connectivity index (χ4n) is 1.85. The number of rotatable bonds is 6. The molecule has 7 heteroatoms. The second-order valence-corrected chi connectivity index (χ2v) is 7.77. The molecule has 0 radical (unpaired) electrons. The van der Waals surface area contributed by atoms with Crippen LogP contribution in [-0.4, -0.2) is 34.2 Å². The van der Waals surface area contributed by atoms with Gasteiger partial charge in [-0.05, 0) is 32.2 Å². The van der Waals surface area contributed by atoms with Crippen LogP contribution >= 0.6 is 34.9 Å². The van der Waals surface area contributed by atoms with Gasteiger partial charge in [0, 0.05) is 11.7 Å². The highest BCUT2D eigenvalue weighted by molar-refractivity contribution is 8.03. The van der Waals surface area contributed by atoms with Crippen molar-refractivity contribution in [3.8, 4) is 0 Å². The molecule has 0 N–H and O–H groups in total. The Morgan fingerprint density at radius 3 is 2.48 bits per heavy atom. The highest BCUT2D eigenvalue weighted by atomic mass is 32.2. The summed E-state index contributed by atoms with van der Waals surface area (Å²) in [4.78, 5) is 14.3. The maximum Gasteiger partial charge on any atom is 0.237 e. The third kappa shape index (κ3) is 4.46. The number of hydrogen-bond acceptors (Lipinski definition) is 6. The van der Waals surface area contributed by atoms with Gasteiger partial charge >= 0.3 is 0 Å². The van der Waals surface area contributed by atoms with E-state index in [-0.39, 0.29) is 11.9 Å². The highest BCUT2D eigenvalue weighted by Crippen LogP contribution is 2.28. The van der Waals surface area contributed by atoms with E-state index in [1.54, 1.807) is 11.8 Å². The smallest absolute Gasteiger partial charge is 0.237 e. The van der Waals surface area contributed by atoms with E-state index < -0.39 is 0 Å². The van der Waals surface area contributed by atoms with Crippen LogP contribution in [0.5, 0.6) is 0 Å². The van der Waals surface area contributed by atoms with Crippen molar-refractivity contribution in [2.45, 2.75) is 28.6 Å². The summed E-state index contributed by atoms with van der Waals surface area (Å²) in [6.45, 7) is 4.04. The average molecular weight is 340 g/mol. The van der Waals surface area contributed by atoms with Crippen LogP contribution in [0, 0.1) is 0 Å². The van der Waals surface area contributed by atoms with Crippen molar-refractivity contribution < 1.29 is 4.79 Å². The molecule has 21 heavy (non-hydrogen) atoms. The molecule has 0 aliphatic carbocycles. The first kappa shape index (κ1) is 16.3. The lowest BCUT2D eigenvalue weighted by Gasteiger charge is -2.26. The second kappa shape index (κ2) is 7.82. The number of carbonyl (C=O) groups is 1. The molecule has 0 saturated carbocycles. The van der Waals surface area contributed by atoms with Crippen LogP contribution in [0.15, 0.2) is 39.0 Å². The number of nitrogens with zero attached hydrogens (tertiary/aromatic N) is 3. The van der Waals surface area contributed by atoms with Crippen LogP contribution in [0.2, 0.25) is 0 Å². The molecule has 2 aromatic rings. The van der Waals surface area contributed by atoms with Crippen LogP contribution in [0.4, 0.5) is 5.69 Å². The molecule has 0 saturated heterocycles. The van der Waals surface area contributed by atoms with E-state index in [9.17, 15) is 4.79 Å². The fraction of sp³-hybridized carbons (Fsp3) is 0.357. The van der Waals surface area contributed by atoms with Gasteiger partial charge < -0.3 is 4.90 Å². The van der Waals surface area contributed by atoms with Crippen LogP contribution in [0.3, 0.4) is 0 Å². The molecular weight excluding hydrogens is 322 g/mol. The first-order valence-electron chi connectivity index (χ1n) is 6.49. The first-order chi connectivity index (χ1) is 10.1. The Kier molecular flexibility index (Phi) is 6.08. The zero-order valence-electron chi connectivity index (χ0n) is 12.1. The Morgan fingerprint density at radius 1 is 1.24 bits per heavy atom. The highest BCUT2D eigenvalue weighted by Gasteiger charge is 2.19. The molecule has 0 aliphatic heterocycles. The van der Waals surface area contributed by atoms with Gasteiger partial charge in [0.2, 0.25) is 5.91 Å². The summed E-state index contributed by atoms with van der Waals surface area (Å²) in [5.41, 5.74) is 0.931. The molecule has 1 aromatic carbocycles. The summed E-state index contributed by atoms with van der Waals surface area (Å²) in [6.07, 6.45) is 1.97. The van der Waals surface area contributed by atoms with E-state index in [1.807, 2.05) is 55.3 Å². The average Bonchev–Trinajstić information content (AvgIpc) is 2.94. The number of aromatic nitrogens is 2. The Bertz CT molecular complexity index is 586. The van der Waals surface area contributed by atoms with E-state index in [0.29, 0.717) is 5.75 Å². The quantitative estimate of drug-likeness (QED) is 0.749. The van der Waals surface area contributed by atoms with E-state index in [1.165, 1.54) is 23.1 Å². The maximum absolute atomic E-state index is 12.5. The Labute approximate surface area is 137 Å². The summed E-state index contributed by atoms with van der Waals surface area (Å²) in [5.74, 6) is 0.456. The van der Waals surface area contributed by atoms with Gasteiger partial charge in [0.1, 0.15) is 0 Å². The van der Waals surface area contributed by atoms with Gasteiger partial charge in [-0.3, -0.25) is 4.79 Å². The van der Waals surface area contributed by atoms with Crippen molar-refractivity contribution in [3.63, 3.8) is 0 Å². The summed E-state index contributed by atoms with van der Waals surface area (Å²) in [7, 11) is 0. The van der Waals surface area contributed by atoms with Crippen molar-refractivity contribution in [1.29, 1.82) is 0 Å². The number of thioether (sulfide) groups is 2. The molecule has 0 bridgehead atoms. The predicted octanol–water partition coefficient (Wildman–Crippen LogP) is 3.79. The third-order valence-corrected chi connectivity index (χ3v) is 5.72.